The number of aryl methyl sites for hydroxylation is 1. The fraction of sp³-hybridized carbons (Fsp3) is 0.0870. The first-order chi connectivity index (χ1) is 16.1. The van der Waals surface area contributed by atoms with Gasteiger partial charge in [-0.25, -0.2) is 10.4 Å². The number of imidazole rings is 1. The Balaban J connectivity index is 1.15. The van der Waals surface area contributed by atoms with Gasteiger partial charge in [-0.3, -0.25) is 15.2 Å². The molecule has 0 saturated carbocycles. The van der Waals surface area contributed by atoms with E-state index in [-0.39, 0.29) is 11.9 Å². The van der Waals surface area contributed by atoms with Gasteiger partial charge in [-0.15, -0.1) is 0 Å². The number of hydrogen-bond donors (Lipinski definition) is 2. The molecule has 5 aromatic rings. The summed E-state index contributed by atoms with van der Waals surface area (Å²) in [4.78, 5) is 25.0. The molecule has 10 heteroatoms. The van der Waals surface area contributed by atoms with Gasteiger partial charge in [0.1, 0.15) is 18.0 Å². The zero-order valence-electron chi connectivity index (χ0n) is 17.6. The van der Waals surface area contributed by atoms with Crippen LogP contribution in [-0.2, 0) is 6.61 Å². The number of benzene rings is 1. The van der Waals surface area contributed by atoms with E-state index in [1.54, 1.807) is 48.8 Å². The molecule has 2 N–H and O–H groups in total. The first-order valence-electron chi connectivity index (χ1n) is 10.1. The van der Waals surface area contributed by atoms with Crippen molar-refractivity contribution in [2.75, 3.05) is 5.43 Å². The number of rotatable bonds is 7. The lowest BCUT2D eigenvalue weighted by molar-refractivity contribution is 0.0961. The molecule has 0 unspecified atom stereocenters. The van der Waals surface area contributed by atoms with Crippen molar-refractivity contribution >= 4 is 17.6 Å². The Morgan fingerprint density at radius 1 is 1.03 bits per heavy atom. The maximum Gasteiger partial charge on any atom is 0.340 e. The number of anilines is 1. The highest BCUT2D eigenvalue weighted by atomic mass is 16.5. The lowest BCUT2D eigenvalue weighted by Crippen LogP contribution is -2.29. The van der Waals surface area contributed by atoms with Crippen molar-refractivity contribution in [1.29, 1.82) is 0 Å². The topological polar surface area (TPSA) is 119 Å². The predicted molar refractivity (Wildman–Crippen MR) is 119 cm³/mol. The second kappa shape index (κ2) is 8.79. The number of aromatic nitrogens is 5. The van der Waals surface area contributed by atoms with E-state index < -0.39 is 0 Å². The molecule has 10 nitrogen and oxygen atoms in total. The number of carbonyl (C=O) groups excluding carboxylic acids is 1. The average Bonchev–Trinajstić information content (AvgIpc) is 3.49. The van der Waals surface area contributed by atoms with Gasteiger partial charge in [-0.1, -0.05) is 11.2 Å². The van der Waals surface area contributed by atoms with E-state index >= 15 is 0 Å². The lowest BCUT2D eigenvalue weighted by Gasteiger charge is -2.07. The minimum atomic E-state index is -0.360. The molecule has 0 radical (unpaired) electrons. The highest BCUT2D eigenvalue weighted by Gasteiger charge is 2.11. The number of hydrazine groups is 1. The quantitative estimate of drug-likeness (QED) is 0.369. The summed E-state index contributed by atoms with van der Waals surface area (Å²) in [5, 5.41) is 3.86. The molecule has 0 atom stereocenters. The van der Waals surface area contributed by atoms with Crippen LogP contribution in [0.2, 0.25) is 0 Å². The van der Waals surface area contributed by atoms with Crippen LogP contribution in [0.25, 0.3) is 17.0 Å². The third-order valence-corrected chi connectivity index (χ3v) is 4.80. The van der Waals surface area contributed by atoms with E-state index in [1.165, 1.54) is 0 Å². The molecule has 0 aliphatic carbocycles. The van der Waals surface area contributed by atoms with E-state index in [2.05, 4.69) is 31.0 Å². The lowest BCUT2D eigenvalue weighted by atomic mass is 10.2. The largest absolute Gasteiger partial charge is 0.487 e. The third kappa shape index (κ3) is 4.64. The molecule has 4 aromatic heterocycles. The van der Waals surface area contributed by atoms with Crippen LogP contribution in [0.1, 0.15) is 21.6 Å². The Labute approximate surface area is 188 Å². The number of pyridine rings is 2. The van der Waals surface area contributed by atoms with Crippen LogP contribution in [0.3, 0.4) is 0 Å². The van der Waals surface area contributed by atoms with E-state index in [1.807, 2.05) is 35.9 Å². The number of nitrogens with one attached hydrogen (secondary N) is 2. The maximum absolute atomic E-state index is 12.4. The minimum absolute atomic E-state index is 0.0674. The number of nitrogens with zero attached hydrogens (tertiary/aromatic N) is 5. The number of hydrogen-bond acceptors (Lipinski definition) is 8. The number of ether oxygens (including phenoxy) is 1. The standard InChI is InChI=1S/C23H19N7O3/c1-15-2-7-20-25-18(13-30(20)12-15)14-32-19-5-3-17(4-6-19)22(31)27-28-23-26-21(29-33-23)16-8-10-24-11-9-16/h2-13H,14H2,1H3,(H,27,31)(H,26,28,29). The molecule has 0 spiro atoms. The summed E-state index contributed by atoms with van der Waals surface area (Å²) < 4.78 is 12.9. The molecule has 1 amide bonds. The molecule has 0 aliphatic rings. The molecule has 0 bridgehead atoms. The average molecular weight is 441 g/mol. The normalized spacial score (nSPS) is 10.8. The summed E-state index contributed by atoms with van der Waals surface area (Å²) in [5.41, 5.74) is 9.17. The SMILES string of the molecule is Cc1ccc2nc(COc3ccc(C(=O)NNc4nc(-c5ccncc5)no4)cc3)cn2c1. The Morgan fingerprint density at radius 2 is 1.85 bits per heavy atom. The van der Waals surface area contributed by atoms with E-state index in [0.29, 0.717) is 23.7 Å². The first kappa shape index (κ1) is 20.2. The van der Waals surface area contributed by atoms with E-state index in [9.17, 15) is 4.79 Å². The second-order valence-corrected chi connectivity index (χ2v) is 7.26. The minimum Gasteiger partial charge on any atom is -0.487 e. The molecule has 4 heterocycles. The van der Waals surface area contributed by atoms with Gasteiger partial charge in [0.25, 0.3) is 5.91 Å². The summed E-state index contributed by atoms with van der Waals surface area (Å²) in [6, 6.07) is 14.3. The smallest absolute Gasteiger partial charge is 0.340 e. The van der Waals surface area contributed by atoms with Crippen molar-refractivity contribution in [2.24, 2.45) is 0 Å². The Morgan fingerprint density at radius 3 is 2.67 bits per heavy atom. The second-order valence-electron chi connectivity index (χ2n) is 7.26. The van der Waals surface area contributed by atoms with Crippen molar-refractivity contribution in [2.45, 2.75) is 13.5 Å². The summed E-state index contributed by atoms with van der Waals surface area (Å²) in [5.74, 6) is 0.656. The van der Waals surface area contributed by atoms with Crippen LogP contribution < -0.4 is 15.6 Å². The first-order valence-corrected chi connectivity index (χ1v) is 10.1. The molecule has 0 saturated heterocycles. The van der Waals surface area contributed by atoms with Crippen LogP contribution in [0.15, 0.2) is 77.8 Å². The maximum atomic E-state index is 12.4. The summed E-state index contributed by atoms with van der Waals surface area (Å²) >= 11 is 0. The van der Waals surface area contributed by atoms with Crippen LogP contribution in [0.4, 0.5) is 6.01 Å². The summed E-state index contributed by atoms with van der Waals surface area (Å²) in [6.45, 7) is 2.36. The Kier molecular flexibility index (Phi) is 5.38. The van der Waals surface area contributed by atoms with Crippen molar-refractivity contribution < 1.29 is 14.1 Å². The third-order valence-electron chi connectivity index (χ3n) is 4.80. The fourth-order valence-corrected chi connectivity index (χ4v) is 3.16. The van der Waals surface area contributed by atoms with Crippen LogP contribution >= 0.6 is 0 Å². The summed E-state index contributed by atoms with van der Waals surface area (Å²) in [7, 11) is 0. The van der Waals surface area contributed by atoms with E-state index in [4.69, 9.17) is 9.26 Å². The van der Waals surface area contributed by atoms with E-state index in [0.717, 1.165) is 22.5 Å². The van der Waals surface area contributed by atoms with Crippen molar-refractivity contribution in [1.82, 2.24) is 29.9 Å². The molecule has 33 heavy (non-hydrogen) atoms. The van der Waals surface area contributed by atoms with Gasteiger partial charge in [0.05, 0.1) is 5.69 Å². The van der Waals surface area contributed by atoms with Gasteiger partial charge in [0.15, 0.2) is 0 Å². The number of fused-ring (bicyclic) bond motifs is 1. The van der Waals surface area contributed by atoms with Crippen LogP contribution in [0, 0.1) is 6.92 Å². The zero-order valence-corrected chi connectivity index (χ0v) is 17.6. The molecule has 5 rings (SSSR count). The molecule has 0 aliphatic heterocycles. The van der Waals surface area contributed by atoms with Crippen LogP contribution in [0.5, 0.6) is 5.75 Å². The Hall–Kier alpha value is -4.73. The zero-order chi connectivity index (χ0) is 22.6. The molecular weight excluding hydrogens is 422 g/mol. The van der Waals surface area contributed by atoms with Gasteiger partial charge < -0.3 is 13.7 Å². The highest BCUT2D eigenvalue weighted by Crippen LogP contribution is 2.17. The van der Waals surface area contributed by atoms with Gasteiger partial charge in [0.2, 0.25) is 5.82 Å². The molecule has 0 fully saturated rings. The molecule has 164 valence electrons. The highest BCUT2D eigenvalue weighted by molar-refractivity contribution is 5.94. The number of amides is 1. The van der Waals surface area contributed by atoms with Crippen molar-refractivity contribution in [3.05, 3.63) is 90.1 Å². The Bertz CT molecular complexity index is 1390. The van der Waals surface area contributed by atoms with Gasteiger partial charge >= 0.3 is 6.01 Å². The van der Waals surface area contributed by atoms with Crippen molar-refractivity contribution in [3.63, 3.8) is 0 Å². The van der Waals surface area contributed by atoms with Crippen molar-refractivity contribution in [3.8, 4) is 17.1 Å². The monoisotopic (exact) mass is 441 g/mol. The fourth-order valence-electron chi connectivity index (χ4n) is 3.16. The number of carbonyl (C=O) groups is 1. The van der Waals surface area contributed by atoms with Crippen LogP contribution in [-0.4, -0.2) is 30.4 Å². The van der Waals surface area contributed by atoms with Gasteiger partial charge in [-0.2, -0.15) is 4.98 Å². The molecular formula is C23H19N7O3. The van der Waals surface area contributed by atoms with Gasteiger partial charge in [-0.05, 0) is 55.0 Å². The molecule has 1 aromatic carbocycles. The summed E-state index contributed by atoms with van der Waals surface area (Å²) in [6.07, 6.45) is 7.22. The predicted octanol–water partition coefficient (Wildman–Crippen LogP) is 3.42. The van der Waals surface area contributed by atoms with Gasteiger partial charge in [0, 0.05) is 35.9 Å².